The van der Waals surface area contributed by atoms with Crippen LogP contribution in [0.1, 0.15) is 28.8 Å². The molecule has 1 aromatic heterocycles. The van der Waals surface area contributed by atoms with Gasteiger partial charge in [0.15, 0.2) is 0 Å². The first-order valence-electron chi connectivity index (χ1n) is 6.11. The third-order valence-electron chi connectivity index (χ3n) is 2.91. The molecule has 5 heteroatoms. The minimum atomic E-state index is -2.55. The maximum atomic E-state index is 13.2. The van der Waals surface area contributed by atoms with Crippen molar-refractivity contribution in [2.75, 3.05) is 7.05 Å². The smallest absolute Gasteiger partial charge is 0.280 e. The average molecular weight is 265 g/mol. The summed E-state index contributed by atoms with van der Waals surface area (Å²) in [5.41, 5.74) is 3.22. The van der Waals surface area contributed by atoms with Gasteiger partial charge in [0.25, 0.3) is 6.43 Å². The van der Waals surface area contributed by atoms with Crippen LogP contribution in [0.15, 0.2) is 24.4 Å². The van der Waals surface area contributed by atoms with E-state index in [0.717, 1.165) is 11.1 Å². The van der Waals surface area contributed by atoms with Gasteiger partial charge in [-0.3, -0.25) is 0 Å². The van der Waals surface area contributed by atoms with Crippen molar-refractivity contribution in [1.82, 2.24) is 15.1 Å². The highest BCUT2D eigenvalue weighted by molar-refractivity contribution is 5.41. The Hall–Kier alpha value is -1.75. The number of hydrogen-bond donors (Lipinski definition) is 1. The van der Waals surface area contributed by atoms with Gasteiger partial charge in [-0.05, 0) is 44.2 Å². The molecule has 0 atom stereocenters. The highest BCUT2D eigenvalue weighted by Gasteiger charge is 2.20. The van der Waals surface area contributed by atoms with E-state index in [0.29, 0.717) is 17.8 Å². The molecule has 0 amide bonds. The highest BCUT2D eigenvalue weighted by Crippen LogP contribution is 2.26. The second kappa shape index (κ2) is 5.48. The predicted octanol–water partition coefficient (Wildman–Crippen LogP) is 3.15. The highest BCUT2D eigenvalue weighted by atomic mass is 19.3. The Morgan fingerprint density at radius 3 is 2.37 bits per heavy atom. The van der Waals surface area contributed by atoms with Gasteiger partial charge >= 0.3 is 0 Å². The van der Waals surface area contributed by atoms with E-state index in [1.54, 1.807) is 7.05 Å². The molecule has 1 heterocycles. The van der Waals surface area contributed by atoms with E-state index in [2.05, 4.69) is 10.4 Å². The van der Waals surface area contributed by atoms with Crippen molar-refractivity contribution in [3.63, 3.8) is 0 Å². The molecule has 1 aromatic carbocycles. The van der Waals surface area contributed by atoms with Crippen molar-refractivity contribution in [2.24, 2.45) is 0 Å². The molecular weight excluding hydrogens is 248 g/mol. The van der Waals surface area contributed by atoms with Crippen molar-refractivity contribution in [3.05, 3.63) is 46.8 Å². The number of halogens is 2. The number of nitrogens with zero attached hydrogens (tertiary/aromatic N) is 2. The molecule has 3 nitrogen and oxygen atoms in total. The molecule has 0 bridgehead atoms. The summed E-state index contributed by atoms with van der Waals surface area (Å²) >= 11 is 0. The average Bonchev–Trinajstić information content (AvgIpc) is 2.72. The molecular formula is C14H17F2N3. The minimum absolute atomic E-state index is 0.0423. The number of nitrogens with one attached hydrogen (secondary N) is 1. The molecule has 0 aliphatic heterocycles. The number of aryl methyl sites for hydroxylation is 2. The summed E-state index contributed by atoms with van der Waals surface area (Å²) in [5.74, 6) is 0. The van der Waals surface area contributed by atoms with Gasteiger partial charge < -0.3 is 5.32 Å². The number of alkyl halides is 2. The summed E-state index contributed by atoms with van der Waals surface area (Å²) in [7, 11) is 1.73. The van der Waals surface area contributed by atoms with E-state index < -0.39 is 6.43 Å². The Balaban J connectivity index is 2.55. The lowest BCUT2D eigenvalue weighted by Crippen LogP contribution is -2.09. The Labute approximate surface area is 111 Å². The third-order valence-corrected chi connectivity index (χ3v) is 2.91. The number of hydrogen-bond acceptors (Lipinski definition) is 2. The standard InChI is InChI=1S/C14H17F2N3/c1-9-4-10(2)6-12(5-9)19-13(14(15)16)11(7-17-3)8-18-19/h4-6,8,14,17H,7H2,1-3H3. The SMILES string of the molecule is CNCc1cnn(-c2cc(C)cc(C)c2)c1C(F)F. The fourth-order valence-corrected chi connectivity index (χ4v) is 2.23. The molecule has 2 aromatic rings. The largest absolute Gasteiger partial charge is 0.316 e. The summed E-state index contributed by atoms with van der Waals surface area (Å²) in [6, 6.07) is 5.72. The first kappa shape index (κ1) is 13.7. The second-order valence-corrected chi connectivity index (χ2v) is 4.64. The summed E-state index contributed by atoms with van der Waals surface area (Å²) in [6.07, 6.45) is -1.05. The zero-order valence-corrected chi connectivity index (χ0v) is 11.2. The quantitative estimate of drug-likeness (QED) is 0.920. The topological polar surface area (TPSA) is 29.9 Å². The van der Waals surface area contributed by atoms with Gasteiger partial charge in [-0.15, -0.1) is 0 Å². The van der Waals surface area contributed by atoms with Crippen LogP contribution in [0, 0.1) is 13.8 Å². The minimum Gasteiger partial charge on any atom is -0.316 e. The van der Waals surface area contributed by atoms with Crippen LogP contribution in [0.3, 0.4) is 0 Å². The lowest BCUT2D eigenvalue weighted by Gasteiger charge is -2.10. The van der Waals surface area contributed by atoms with Crippen molar-refractivity contribution in [1.29, 1.82) is 0 Å². The van der Waals surface area contributed by atoms with Crippen LogP contribution >= 0.6 is 0 Å². The van der Waals surface area contributed by atoms with Crippen molar-refractivity contribution in [3.8, 4) is 5.69 Å². The Bertz CT molecular complexity index is 556. The van der Waals surface area contributed by atoms with E-state index in [1.807, 2.05) is 32.0 Å². The monoisotopic (exact) mass is 265 g/mol. The van der Waals surface area contributed by atoms with Gasteiger partial charge in [0.1, 0.15) is 5.69 Å². The fraction of sp³-hybridized carbons (Fsp3) is 0.357. The van der Waals surface area contributed by atoms with Gasteiger partial charge in [0.2, 0.25) is 0 Å². The van der Waals surface area contributed by atoms with Crippen LogP contribution in [0.25, 0.3) is 5.69 Å². The molecule has 0 aliphatic rings. The lowest BCUT2D eigenvalue weighted by atomic mass is 10.1. The molecule has 0 fully saturated rings. The molecule has 2 rings (SSSR count). The van der Waals surface area contributed by atoms with Crippen LogP contribution in [-0.2, 0) is 6.54 Å². The summed E-state index contributed by atoms with van der Waals surface area (Å²) in [4.78, 5) is 0. The zero-order valence-electron chi connectivity index (χ0n) is 11.2. The summed E-state index contributed by atoms with van der Waals surface area (Å²) < 4.78 is 27.8. The van der Waals surface area contributed by atoms with Crippen LogP contribution in [0.4, 0.5) is 8.78 Å². The number of benzene rings is 1. The maximum absolute atomic E-state index is 13.2. The lowest BCUT2D eigenvalue weighted by molar-refractivity contribution is 0.141. The Morgan fingerprint density at radius 1 is 1.21 bits per heavy atom. The van der Waals surface area contributed by atoms with Crippen molar-refractivity contribution < 1.29 is 8.78 Å². The molecule has 0 radical (unpaired) electrons. The van der Waals surface area contributed by atoms with Gasteiger partial charge in [0.05, 0.1) is 11.9 Å². The third kappa shape index (κ3) is 2.81. The van der Waals surface area contributed by atoms with Crippen LogP contribution in [0.2, 0.25) is 0 Å². The number of aromatic nitrogens is 2. The summed E-state index contributed by atoms with van der Waals surface area (Å²) in [6.45, 7) is 4.26. The normalized spacial score (nSPS) is 11.3. The molecule has 0 unspecified atom stereocenters. The first-order valence-corrected chi connectivity index (χ1v) is 6.11. The van der Waals surface area contributed by atoms with Gasteiger partial charge in [-0.1, -0.05) is 6.07 Å². The molecule has 0 aliphatic carbocycles. The molecule has 0 spiro atoms. The van der Waals surface area contributed by atoms with E-state index in [4.69, 9.17) is 0 Å². The van der Waals surface area contributed by atoms with E-state index in [-0.39, 0.29) is 5.69 Å². The fourth-order valence-electron chi connectivity index (χ4n) is 2.23. The molecule has 19 heavy (non-hydrogen) atoms. The first-order chi connectivity index (χ1) is 9.02. The van der Waals surface area contributed by atoms with E-state index in [1.165, 1.54) is 10.9 Å². The zero-order chi connectivity index (χ0) is 14.0. The maximum Gasteiger partial charge on any atom is 0.280 e. The second-order valence-electron chi connectivity index (χ2n) is 4.64. The van der Waals surface area contributed by atoms with E-state index >= 15 is 0 Å². The van der Waals surface area contributed by atoms with Crippen LogP contribution < -0.4 is 5.32 Å². The van der Waals surface area contributed by atoms with Gasteiger partial charge in [-0.2, -0.15) is 5.10 Å². The van der Waals surface area contributed by atoms with E-state index in [9.17, 15) is 8.78 Å². The van der Waals surface area contributed by atoms with Crippen molar-refractivity contribution >= 4 is 0 Å². The Kier molecular flexibility index (Phi) is 3.95. The summed E-state index contributed by atoms with van der Waals surface area (Å²) in [5, 5.41) is 6.99. The number of rotatable bonds is 4. The van der Waals surface area contributed by atoms with Gasteiger partial charge in [-0.25, -0.2) is 13.5 Å². The molecule has 0 saturated heterocycles. The molecule has 0 saturated carbocycles. The van der Waals surface area contributed by atoms with Gasteiger partial charge in [0, 0.05) is 12.1 Å². The predicted molar refractivity (Wildman–Crippen MR) is 70.8 cm³/mol. The van der Waals surface area contributed by atoms with Crippen molar-refractivity contribution in [2.45, 2.75) is 26.8 Å². The van der Waals surface area contributed by atoms with Crippen LogP contribution in [-0.4, -0.2) is 16.8 Å². The Morgan fingerprint density at radius 2 is 1.84 bits per heavy atom. The van der Waals surface area contributed by atoms with Crippen LogP contribution in [0.5, 0.6) is 0 Å². The molecule has 1 N–H and O–H groups in total. The molecule has 102 valence electrons.